The minimum atomic E-state index is 0.459. The van der Waals surface area contributed by atoms with E-state index in [9.17, 15) is 0 Å². The van der Waals surface area contributed by atoms with Gasteiger partial charge >= 0.3 is 0 Å². The van der Waals surface area contributed by atoms with Crippen molar-refractivity contribution in [1.29, 1.82) is 0 Å². The van der Waals surface area contributed by atoms with Gasteiger partial charge in [0, 0.05) is 6.04 Å². The monoisotopic (exact) mass is 280 g/mol. The van der Waals surface area contributed by atoms with Crippen LogP contribution in [0.15, 0.2) is 26.2 Å². The second kappa shape index (κ2) is 6.30. The fraction of sp³-hybridized carbons (Fsp3) is 0.500. The van der Waals surface area contributed by atoms with Gasteiger partial charge in [-0.2, -0.15) is 0 Å². The van der Waals surface area contributed by atoms with Gasteiger partial charge in [0.15, 0.2) is 0 Å². The summed E-state index contributed by atoms with van der Waals surface area (Å²) >= 11 is 1.55. The molecule has 4 nitrogen and oxygen atoms in total. The van der Waals surface area contributed by atoms with Crippen LogP contribution >= 0.6 is 11.8 Å². The summed E-state index contributed by atoms with van der Waals surface area (Å²) in [5, 5.41) is 4.03. The Balaban J connectivity index is 1.86. The molecule has 0 atom stereocenters. The Hall–Kier alpha value is -1.20. The van der Waals surface area contributed by atoms with E-state index in [1.165, 1.54) is 0 Å². The minimum absolute atomic E-state index is 0.459. The average Bonchev–Trinajstić information content (AvgIpc) is 2.92. The number of thioether (sulfide) groups is 1. The van der Waals surface area contributed by atoms with E-state index < -0.39 is 0 Å². The molecule has 0 radical (unpaired) electrons. The molecule has 2 aromatic rings. The third kappa shape index (κ3) is 4.14. The molecule has 0 aliphatic rings. The van der Waals surface area contributed by atoms with Crippen molar-refractivity contribution in [3.05, 3.63) is 35.1 Å². The maximum Gasteiger partial charge on any atom is 0.256 e. The Morgan fingerprint density at radius 3 is 2.58 bits per heavy atom. The minimum Gasteiger partial charge on any atom is -0.464 e. The molecule has 0 aliphatic carbocycles. The van der Waals surface area contributed by atoms with Crippen LogP contribution in [0, 0.1) is 13.8 Å². The number of aromatic nitrogens is 1. The highest BCUT2D eigenvalue weighted by Crippen LogP contribution is 2.24. The van der Waals surface area contributed by atoms with Gasteiger partial charge in [-0.15, -0.1) is 0 Å². The molecule has 0 unspecified atom stereocenters. The van der Waals surface area contributed by atoms with Gasteiger partial charge in [-0.25, -0.2) is 4.98 Å². The van der Waals surface area contributed by atoms with Crippen LogP contribution in [-0.2, 0) is 12.3 Å². The lowest BCUT2D eigenvalue weighted by atomic mass is 10.3. The number of hydrogen-bond acceptors (Lipinski definition) is 5. The maximum absolute atomic E-state index is 5.74. The summed E-state index contributed by atoms with van der Waals surface area (Å²) in [5.74, 6) is 3.52. The predicted octanol–water partition coefficient (Wildman–Crippen LogP) is 3.67. The molecule has 1 N–H and O–H groups in total. The number of hydrogen-bond donors (Lipinski definition) is 1. The molecule has 0 fully saturated rings. The van der Waals surface area contributed by atoms with Crippen molar-refractivity contribution in [2.24, 2.45) is 0 Å². The Bertz CT molecular complexity index is 512. The molecule has 104 valence electrons. The highest BCUT2D eigenvalue weighted by atomic mass is 32.2. The third-order valence-electron chi connectivity index (χ3n) is 2.75. The van der Waals surface area contributed by atoms with E-state index in [2.05, 4.69) is 24.1 Å². The number of nitrogens with one attached hydrogen (secondary N) is 1. The SMILES string of the molecule is Cc1nc(SCc2ccc(CNC(C)C)o2)oc1C. The van der Waals surface area contributed by atoms with Gasteiger partial charge in [0.25, 0.3) is 5.22 Å². The van der Waals surface area contributed by atoms with E-state index in [-0.39, 0.29) is 0 Å². The normalized spacial score (nSPS) is 11.4. The molecule has 2 heterocycles. The Morgan fingerprint density at radius 2 is 1.95 bits per heavy atom. The zero-order valence-electron chi connectivity index (χ0n) is 11.8. The number of oxazole rings is 1. The summed E-state index contributed by atoms with van der Waals surface area (Å²) in [6.07, 6.45) is 0. The predicted molar refractivity (Wildman–Crippen MR) is 76.2 cm³/mol. The number of rotatable bonds is 6. The first-order valence-corrected chi connectivity index (χ1v) is 7.41. The zero-order valence-corrected chi connectivity index (χ0v) is 12.6. The summed E-state index contributed by atoms with van der Waals surface area (Å²) in [6, 6.07) is 4.48. The standard InChI is InChI=1S/C14H20N2O2S/c1-9(2)15-7-12-5-6-13(18-12)8-19-14-16-10(3)11(4)17-14/h5-6,9,15H,7-8H2,1-4H3. The number of furan rings is 1. The van der Waals surface area contributed by atoms with E-state index in [1.54, 1.807) is 11.8 Å². The molecular formula is C14H20N2O2S. The molecule has 0 bridgehead atoms. The van der Waals surface area contributed by atoms with E-state index in [0.717, 1.165) is 35.3 Å². The van der Waals surface area contributed by atoms with Gasteiger partial charge in [-0.05, 0) is 26.0 Å². The summed E-state index contributed by atoms with van der Waals surface area (Å²) in [5.41, 5.74) is 0.948. The summed E-state index contributed by atoms with van der Waals surface area (Å²) < 4.78 is 11.3. The van der Waals surface area contributed by atoms with Crippen molar-refractivity contribution >= 4 is 11.8 Å². The lowest BCUT2D eigenvalue weighted by molar-refractivity contribution is 0.428. The molecule has 2 rings (SSSR count). The number of nitrogens with zero attached hydrogens (tertiary/aromatic N) is 1. The van der Waals surface area contributed by atoms with E-state index in [1.807, 2.05) is 26.0 Å². The zero-order chi connectivity index (χ0) is 13.8. The fourth-order valence-corrected chi connectivity index (χ4v) is 2.34. The van der Waals surface area contributed by atoms with Crippen LogP contribution in [0.4, 0.5) is 0 Å². The van der Waals surface area contributed by atoms with Crippen molar-refractivity contribution in [3.8, 4) is 0 Å². The molecule has 0 aromatic carbocycles. The van der Waals surface area contributed by atoms with Gasteiger partial charge in [-0.3, -0.25) is 0 Å². The summed E-state index contributed by atoms with van der Waals surface area (Å²) in [6.45, 7) is 8.87. The fourth-order valence-electron chi connectivity index (χ4n) is 1.54. The molecule has 5 heteroatoms. The molecule has 0 spiro atoms. The second-order valence-corrected chi connectivity index (χ2v) is 5.74. The van der Waals surface area contributed by atoms with Crippen LogP contribution in [0.5, 0.6) is 0 Å². The van der Waals surface area contributed by atoms with Crippen molar-refractivity contribution in [2.45, 2.75) is 51.3 Å². The van der Waals surface area contributed by atoms with Crippen molar-refractivity contribution in [2.75, 3.05) is 0 Å². The summed E-state index contributed by atoms with van der Waals surface area (Å²) in [4.78, 5) is 4.33. The van der Waals surface area contributed by atoms with Crippen molar-refractivity contribution in [3.63, 3.8) is 0 Å². The first-order valence-electron chi connectivity index (χ1n) is 6.42. The highest BCUT2D eigenvalue weighted by Gasteiger charge is 2.08. The van der Waals surface area contributed by atoms with Crippen molar-refractivity contribution in [1.82, 2.24) is 10.3 Å². The van der Waals surface area contributed by atoms with E-state index in [4.69, 9.17) is 8.83 Å². The van der Waals surface area contributed by atoms with E-state index >= 15 is 0 Å². The Kier molecular flexibility index (Phi) is 4.71. The van der Waals surface area contributed by atoms with Crippen LogP contribution in [0.25, 0.3) is 0 Å². The molecule has 0 saturated carbocycles. The molecule has 0 amide bonds. The van der Waals surface area contributed by atoms with Gasteiger partial charge in [0.2, 0.25) is 0 Å². The summed E-state index contributed by atoms with van der Waals surface area (Å²) in [7, 11) is 0. The number of aryl methyl sites for hydroxylation is 2. The molecule has 19 heavy (non-hydrogen) atoms. The highest BCUT2D eigenvalue weighted by molar-refractivity contribution is 7.98. The molecule has 0 aliphatic heterocycles. The van der Waals surface area contributed by atoms with Gasteiger partial charge in [-0.1, -0.05) is 25.6 Å². The Labute approximate surface area is 118 Å². The van der Waals surface area contributed by atoms with Gasteiger partial charge in [0.1, 0.15) is 17.3 Å². The van der Waals surface area contributed by atoms with Crippen LogP contribution in [0.3, 0.4) is 0 Å². The van der Waals surface area contributed by atoms with Gasteiger partial charge in [0.05, 0.1) is 18.0 Å². The van der Waals surface area contributed by atoms with Gasteiger partial charge < -0.3 is 14.2 Å². The van der Waals surface area contributed by atoms with Crippen LogP contribution in [0.1, 0.15) is 36.8 Å². The van der Waals surface area contributed by atoms with Crippen LogP contribution in [0.2, 0.25) is 0 Å². The smallest absolute Gasteiger partial charge is 0.256 e. The topological polar surface area (TPSA) is 51.2 Å². The largest absolute Gasteiger partial charge is 0.464 e. The lowest BCUT2D eigenvalue weighted by Gasteiger charge is -2.04. The molecule has 0 saturated heterocycles. The first kappa shape index (κ1) is 14.2. The first-order chi connectivity index (χ1) is 9.04. The molecule has 2 aromatic heterocycles. The maximum atomic E-state index is 5.74. The third-order valence-corrected chi connectivity index (χ3v) is 3.60. The molecular weight excluding hydrogens is 260 g/mol. The van der Waals surface area contributed by atoms with Crippen LogP contribution < -0.4 is 5.32 Å². The second-order valence-electron chi connectivity index (χ2n) is 4.81. The van der Waals surface area contributed by atoms with E-state index in [0.29, 0.717) is 11.3 Å². The average molecular weight is 280 g/mol. The Morgan fingerprint density at radius 1 is 1.21 bits per heavy atom. The van der Waals surface area contributed by atoms with Crippen LogP contribution in [-0.4, -0.2) is 11.0 Å². The lowest BCUT2D eigenvalue weighted by Crippen LogP contribution is -2.21. The van der Waals surface area contributed by atoms with Crippen molar-refractivity contribution < 1.29 is 8.83 Å². The quantitative estimate of drug-likeness (QED) is 0.818.